The fourth-order valence-electron chi connectivity index (χ4n) is 0.230. The second-order valence-electron chi connectivity index (χ2n) is 1.47. The Hall–Kier alpha value is 0.300. The topological polar surface area (TPSA) is 57.5 Å². The highest BCUT2D eigenvalue weighted by molar-refractivity contribution is 6.63. The van der Waals surface area contributed by atoms with E-state index >= 15 is 0 Å². The van der Waals surface area contributed by atoms with Crippen LogP contribution in [0.25, 0.3) is 0 Å². The first-order chi connectivity index (χ1) is 5.00. The van der Waals surface area contributed by atoms with Crippen LogP contribution >= 0.6 is 34.8 Å². The number of carbonyl (C=O) groups is 1. The molecule has 0 saturated heterocycles. The molecule has 3 nitrogen and oxygen atoms in total. The highest BCUT2D eigenvalue weighted by Crippen LogP contribution is 2.03. The van der Waals surface area contributed by atoms with Gasteiger partial charge in [0.05, 0.1) is 0 Å². The number of carboxylic acid groups (broad SMARTS) is 1. The predicted molar refractivity (Wildman–Crippen MR) is 45.3 cm³/mol. The van der Waals surface area contributed by atoms with Crippen LogP contribution in [-0.4, -0.2) is 27.1 Å². The van der Waals surface area contributed by atoms with Gasteiger partial charge in [-0.05, 0) is 6.42 Å². The molecule has 0 heterocycles. The summed E-state index contributed by atoms with van der Waals surface area (Å²) in [5.41, 5.74) is 0. The van der Waals surface area contributed by atoms with Gasteiger partial charge in [-0.25, -0.2) is 0 Å². The number of halogens is 3. The molecule has 2 N–H and O–H groups in total. The Morgan fingerprint density at radius 3 is 1.82 bits per heavy atom. The summed E-state index contributed by atoms with van der Waals surface area (Å²) in [7, 11) is 0. The second kappa shape index (κ2) is 10.3. The van der Waals surface area contributed by atoms with Crippen molar-refractivity contribution in [1.82, 2.24) is 0 Å². The van der Waals surface area contributed by atoms with Crippen LogP contribution < -0.4 is 0 Å². The number of aliphatic hydroxyl groups excluding tert-OH is 1. The molecule has 68 valence electrons. The van der Waals surface area contributed by atoms with Crippen LogP contribution in [0, 0.1) is 0 Å². The van der Waals surface area contributed by atoms with E-state index in [0.29, 0.717) is 6.42 Å². The van der Waals surface area contributed by atoms with Gasteiger partial charge >= 0.3 is 5.97 Å². The van der Waals surface area contributed by atoms with E-state index in [9.17, 15) is 4.79 Å². The first-order valence-electron chi connectivity index (χ1n) is 2.75. The number of aliphatic carboxylic acids is 1. The van der Waals surface area contributed by atoms with Crippen molar-refractivity contribution in [3.05, 3.63) is 0 Å². The average molecular weight is 223 g/mol. The normalized spacial score (nSPS) is 8.82. The molecule has 0 spiro atoms. The van der Waals surface area contributed by atoms with Gasteiger partial charge in [0.1, 0.15) is 0 Å². The average Bonchev–Trinajstić information content (AvgIpc) is 1.82. The highest BCUT2D eigenvalue weighted by Gasteiger charge is 1.91. The molecule has 0 aromatic carbocycles. The SMILES string of the molecule is ClC(Cl)Cl.O=C(O)CCCO. The summed E-state index contributed by atoms with van der Waals surface area (Å²) < 4.78 is -0.750. The lowest BCUT2D eigenvalue weighted by Crippen LogP contribution is -1.95. The van der Waals surface area contributed by atoms with Crippen molar-refractivity contribution in [2.24, 2.45) is 0 Å². The van der Waals surface area contributed by atoms with Gasteiger partial charge in [0.2, 0.25) is 0 Å². The Balaban J connectivity index is 0. The molecule has 0 rings (SSSR count). The Kier molecular flexibility index (Phi) is 13.0. The maximum atomic E-state index is 9.65. The van der Waals surface area contributed by atoms with E-state index < -0.39 is 10.3 Å². The molecule has 0 aromatic heterocycles. The van der Waals surface area contributed by atoms with Crippen LogP contribution in [0.15, 0.2) is 0 Å². The van der Waals surface area contributed by atoms with Crippen LogP contribution in [0.2, 0.25) is 0 Å². The molecule has 0 saturated carbocycles. The van der Waals surface area contributed by atoms with Crippen molar-refractivity contribution in [3.63, 3.8) is 0 Å². The van der Waals surface area contributed by atoms with Gasteiger partial charge in [-0.1, -0.05) is 34.8 Å². The van der Waals surface area contributed by atoms with E-state index in [1.54, 1.807) is 0 Å². The summed E-state index contributed by atoms with van der Waals surface area (Å²) in [5, 5.41) is 16.0. The number of carboxylic acids is 1. The maximum Gasteiger partial charge on any atom is 0.303 e. The van der Waals surface area contributed by atoms with E-state index in [1.807, 2.05) is 0 Å². The van der Waals surface area contributed by atoms with Gasteiger partial charge in [0.15, 0.2) is 4.30 Å². The van der Waals surface area contributed by atoms with E-state index in [0.717, 1.165) is 0 Å². The third kappa shape index (κ3) is 38.4. The lowest BCUT2D eigenvalue weighted by atomic mass is 10.3. The van der Waals surface area contributed by atoms with Crippen molar-refractivity contribution in [3.8, 4) is 0 Å². The predicted octanol–water partition coefficient (Wildman–Crippen LogP) is 1.83. The third-order valence-electron chi connectivity index (χ3n) is 0.549. The molecule has 11 heavy (non-hydrogen) atoms. The molecule has 0 unspecified atom stereocenters. The minimum Gasteiger partial charge on any atom is -0.481 e. The van der Waals surface area contributed by atoms with Gasteiger partial charge in [0, 0.05) is 13.0 Å². The Morgan fingerprint density at radius 1 is 1.36 bits per heavy atom. The number of hydrogen-bond donors (Lipinski definition) is 2. The summed E-state index contributed by atoms with van der Waals surface area (Å²) >= 11 is 14.4. The van der Waals surface area contributed by atoms with E-state index in [-0.39, 0.29) is 13.0 Å². The van der Waals surface area contributed by atoms with E-state index in [2.05, 4.69) is 0 Å². The minimum atomic E-state index is -0.853. The minimum absolute atomic E-state index is 0.0354. The second-order valence-corrected chi connectivity index (χ2v) is 3.45. The summed E-state index contributed by atoms with van der Waals surface area (Å²) in [6.07, 6.45) is 0.422. The molecule has 0 atom stereocenters. The van der Waals surface area contributed by atoms with Crippen molar-refractivity contribution in [2.45, 2.75) is 17.1 Å². The molecule has 0 fully saturated rings. The van der Waals surface area contributed by atoms with Crippen molar-refractivity contribution < 1.29 is 15.0 Å². The van der Waals surface area contributed by atoms with E-state index in [1.165, 1.54) is 0 Å². The standard InChI is InChI=1S/C4H8O3.CHCl3/c5-3-1-2-4(6)7;2-1(3)4/h5H,1-3H2,(H,6,7);1H. The molecular formula is C5H9Cl3O3. The van der Waals surface area contributed by atoms with Gasteiger partial charge in [-0.15, -0.1) is 0 Å². The highest BCUT2D eigenvalue weighted by atomic mass is 35.6. The number of aliphatic hydroxyl groups is 1. The van der Waals surface area contributed by atoms with Crippen molar-refractivity contribution in [1.29, 1.82) is 0 Å². The zero-order chi connectivity index (χ0) is 9.28. The quantitative estimate of drug-likeness (QED) is 0.718. The third-order valence-corrected chi connectivity index (χ3v) is 0.549. The zero-order valence-electron chi connectivity index (χ0n) is 5.64. The monoisotopic (exact) mass is 222 g/mol. The molecule has 0 aromatic rings. The maximum absolute atomic E-state index is 9.65. The molecule has 0 aliphatic rings. The van der Waals surface area contributed by atoms with Gasteiger partial charge in [0.25, 0.3) is 0 Å². The molecule has 0 aliphatic heterocycles. The number of hydrogen-bond acceptors (Lipinski definition) is 2. The van der Waals surface area contributed by atoms with Gasteiger partial charge in [-0.3, -0.25) is 4.79 Å². The number of alkyl halides is 3. The Labute approximate surface area is 79.9 Å². The van der Waals surface area contributed by atoms with Crippen LogP contribution in [-0.2, 0) is 4.79 Å². The van der Waals surface area contributed by atoms with E-state index in [4.69, 9.17) is 45.0 Å². The lowest BCUT2D eigenvalue weighted by molar-refractivity contribution is -0.137. The summed E-state index contributed by atoms with van der Waals surface area (Å²) in [6, 6.07) is 0. The van der Waals surface area contributed by atoms with Gasteiger partial charge < -0.3 is 10.2 Å². The smallest absolute Gasteiger partial charge is 0.303 e. The Morgan fingerprint density at radius 2 is 1.73 bits per heavy atom. The fourth-order valence-corrected chi connectivity index (χ4v) is 0.230. The molecule has 0 radical (unpaired) electrons. The first kappa shape index (κ1) is 13.9. The lowest BCUT2D eigenvalue weighted by Gasteiger charge is -1.85. The van der Waals surface area contributed by atoms with Crippen LogP contribution in [0.3, 0.4) is 0 Å². The van der Waals surface area contributed by atoms with Crippen LogP contribution in [0.4, 0.5) is 0 Å². The fraction of sp³-hybridized carbons (Fsp3) is 0.800. The Bertz CT molecular complexity index is 94.2. The largest absolute Gasteiger partial charge is 0.481 e. The molecule has 6 heteroatoms. The van der Waals surface area contributed by atoms with Crippen LogP contribution in [0.5, 0.6) is 0 Å². The molecule has 0 amide bonds. The van der Waals surface area contributed by atoms with Crippen molar-refractivity contribution in [2.75, 3.05) is 6.61 Å². The molecule has 0 aliphatic carbocycles. The summed E-state index contributed by atoms with van der Waals surface area (Å²) in [6.45, 7) is -0.0354. The first-order valence-corrected chi connectivity index (χ1v) is 4.06. The molecular weight excluding hydrogens is 214 g/mol. The summed E-state index contributed by atoms with van der Waals surface area (Å²) in [4.78, 5) is 9.65. The summed E-state index contributed by atoms with van der Waals surface area (Å²) in [5.74, 6) is -0.853. The molecule has 0 bridgehead atoms. The zero-order valence-corrected chi connectivity index (χ0v) is 7.90. The van der Waals surface area contributed by atoms with Gasteiger partial charge in [-0.2, -0.15) is 0 Å². The number of rotatable bonds is 3. The van der Waals surface area contributed by atoms with Crippen LogP contribution in [0.1, 0.15) is 12.8 Å². The van der Waals surface area contributed by atoms with Crippen molar-refractivity contribution >= 4 is 40.8 Å².